The molecule has 26 heavy (non-hydrogen) atoms. The van der Waals surface area contributed by atoms with Crippen molar-refractivity contribution < 1.29 is 14.3 Å². The lowest BCUT2D eigenvalue weighted by atomic mass is 10.00. The fraction of sp³-hybridized carbons (Fsp3) is 0.471. The van der Waals surface area contributed by atoms with Crippen LogP contribution in [-0.2, 0) is 16.1 Å². The summed E-state index contributed by atoms with van der Waals surface area (Å²) in [6.07, 6.45) is 0.476. The van der Waals surface area contributed by atoms with Gasteiger partial charge in [0.1, 0.15) is 11.6 Å². The SMILES string of the molecule is CCOC(=O)C1=C(Cn2nc(C)c(C)c(C#N)c2=O)NC(=O)N[C@H]1CC. The number of nitriles is 1. The Morgan fingerprint density at radius 3 is 2.62 bits per heavy atom. The Morgan fingerprint density at radius 2 is 2.04 bits per heavy atom. The van der Waals surface area contributed by atoms with Crippen LogP contribution >= 0.6 is 0 Å². The number of carbonyl (C=O) groups excluding carboxylic acids is 2. The van der Waals surface area contributed by atoms with E-state index < -0.39 is 23.6 Å². The van der Waals surface area contributed by atoms with Crippen LogP contribution in [-0.4, -0.2) is 34.4 Å². The Labute approximate surface area is 150 Å². The highest BCUT2D eigenvalue weighted by Crippen LogP contribution is 2.18. The number of nitrogens with one attached hydrogen (secondary N) is 2. The summed E-state index contributed by atoms with van der Waals surface area (Å²) < 4.78 is 6.16. The summed E-state index contributed by atoms with van der Waals surface area (Å²) in [5.74, 6) is -0.570. The summed E-state index contributed by atoms with van der Waals surface area (Å²) in [6.45, 7) is 6.87. The van der Waals surface area contributed by atoms with E-state index in [0.29, 0.717) is 17.7 Å². The molecule has 1 aliphatic heterocycles. The second kappa shape index (κ2) is 7.82. The first-order valence-electron chi connectivity index (χ1n) is 8.30. The van der Waals surface area contributed by atoms with Crippen molar-refractivity contribution in [3.05, 3.63) is 38.4 Å². The number of aryl methyl sites for hydroxylation is 1. The average molecular weight is 359 g/mol. The molecule has 0 unspecified atom stereocenters. The van der Waals surface area contributed by atoms with Gasteiger partial charge in [-0.1, -0.05) is 6.92 Å². The molecule has 9 nitrogen and oxygen atoms in total. The number of allylic oxidation sites excluding steroid dienone is 1. The second-order valence-corrected chi connectivity index (χ2v) is 5.83. The highest BCUT2D eigenvalue weighted by Gasteiger charge is 2.32. The first-order chi connectivity index (χ1) is 12.3. The fourth-order valence-electron chi connectivity index (χ4n) is 2.75. The summed E-state index contributed by atoms with van der Waals surface area (Å²) in [6, 6.07) is 0.878. The van der Waals surface area contributed by atoms with Crippen molar-refractivity contribution in [2.24, 2.45) is 0 Å². The van der Waals surface area contributed by atoms with Crippen LogP contribution in [0.25, 0.3) is 0 Å². The van der Waals surface area contributed by atoms with E-state index in [4.69, 9.17) is 4.74 Å². The van der Waals surface area contributed by atoms with E-state index in [1.54, 1.807) is 20.8 Å². The van der Waals surface area contributed by atoms with Gasteiger partial charge in [0.25, 0.3) is 5.56 Å². The van der Waals surface area contributed by atoms with Gasteiger partial charge in [0.05, 0.1) is 36.2 Å². The van der Waals surface area contributed by atoms with Gasteiger partial charge in [-0.3, -0.25) is 4.79 Å². The second-order valence-electron chi connectivity index (χ2n) is 5.83. The van der Waals surface area contributed by atoms with Gasteiger partial charge in [0, 0.05) is 0 Å². The molecule has 2 rings (SSSR count). The van der Waals surface area contributed by atoms with Crippen molar-refractivity contribution in [3.63, 3.8) is 0 Å². The fourth-order valence-corrected chi connectivity index (χ4v) is 2.75. The first kappa shape index (κ1) is 19.2. The predicted octanol–water partition coefficient (Wildman–Crippen LogP) is 0.640. The standard InChI is InChI=1S/C17H21N5O4/c1-5-12-14(16(24)26-6-2)13(20-17(25)19-12)8-22-15(23)11(7-18)9(3)10(4)21-22/h12H,5-6,8H2,1-4H3,(H2,19,20,25)/t12-/m0/s1. The van der Waals surface area contributed by atoms with Crippen LogP contribution in [0.15, 0.2) is 16.1 Å². The molecule has 0 radical (unpaired) electrons. The van der Waals surface area contributed by atoms with Crippen molar-refractivity contribution in [1.29, 1.82) is 5.26 Å². The van der Waals surface area contributed by atoms with Crippen molar-refractivity contribution in [2.45, 2.75) is 46.7 Å². The van der Waals surface area contributed by atoms with Crippen molar-refractivity contribution >= 4 is 12.0 Å². The number of esters is 1. The summed E-state index contributed by atoms with van der Waals surface area (Å²) in [5, 5.41) is 18.6. The lowest BCUT2D eigenvalue weighted by Crippen LogP contribution is -2.51. The van der Waals surface area contributed by atoms with E-state index in [1.165, 1.54) is 0 Å². The molecule has 0 saturated heterocycles. The first-order valence-corrected chi connectivity index (χ1v) is 8.30. The smallest absolute Gasteiger partial charge is 0.337 e. The van der Waals surface area contributed by atoms with Crippen LogP contribution in [0.4, 0.5) is 4.79 Å². The Bertz CT molecular complexity index is 878. The molecule has 1 atom stereocenters. The Hall–Kier alpha value is -3.15. The molecule has 1 aromatic heterocycles. The molecule has 1 aromatic rings. The van der Waals surface area contributed by atoms with Crippen LogP contribution in [0.5, 0.6) is 0 Å². The summed E-state index contributed by atoms with van der Waals surface area (Å²) in [7, 11) is 0. The maximum absolute atomic E-state index is 12.5. The third-order valence-electron chi connectivity index (χ3n) is 4.20. The van der Waals surface area contributed by atoms with Crippen molar-refractivity contribution in [2.75, 3.05) is 6.61 Å². The summed E-state index contributed by atoms with van der Waals surface area (Å²) in [4.78, 5) is 36.8. The van der Waals surface area contributed by atoms with E-state index in [0.717, 1.165) is 4.68 Å². The number of hydrogen-bond acceptors (Lipinski definition) is 6. The lowest BCUT2D eigenvalue weighted by molar-refractivity contribution is -0.139. The average Bonchev–Trinajstić information content (AvgIpc) is 2.59. The molecule has 0 aliphatic carbocycles. The Kier molecular flexibility index (Phi) is 5.77. The van der Waals surface area contributed by atoms with Crippen LogP contribution in [0.1, 0.15) is 37.1 Å². The van der Waals surface area contributed by atoms with Gasteiger partial charge >= 0.3 is 12.0 Å². The third kappa shape index (κ3) is 3.59. The zero-order chi connectivity index (χ0) is 19.4. The van der Waals surface area contributed by atoms with E-state index in [-0.39, 0.29) is 30.0 Å². The maximum Gasteiger partial charge on any atom is 0.337 e. The Balaban J connectivity index is 2.58. The number of carbonyl (C=O) groups is 2. The van der Waals surface area contributed by atoms with Crippen LogP contribution in [0.3, 0.4) is 0 Å². The molecular formula is C17H21N5O4. The van der Waals surface area contributed by atoms with Crippen molar-refractivity contribution in [3.8, 4) is 6.07 Å². The van der Waals surface area contributed by atoms with Crippen LogP contribution < -0.4 is 16.2 Å². The van der Waals surface area contributed by atoms with Gasteiger partial charge in [0.2, 0.25) is 0 Å². The lowest BCUT2D eigenvalue weighted by Gasteiger charge is -2.28. The highest BCUT2D eigenvalue weighted by molar-refractivity contribution is 5.94. The molecule has 9 heteroatoms. The number of nitrogens with zero attached hydrogens (tertiary/aromatic N) is 3. The van der Waals surface area contributed by atoms with Gasteiger partial charge in [-0.25, -0.2) is 14.3 Å². The molecule has 2 N–H and O–H groups in total. The molecule has 2 heterocycles. The zero-order valence-electron chi connectivity index (χ0n) is 15.2. The largest absolute Gasteiger partial charge is 0.463 e. The highest BCUT2D eigenvalue weighted by atomic mass is 16.5. The number of urea groups is 1. The minimum atomic E-state index is -0.577. The minimum Gasteiger partial charge on any atom is -0.463 e. The maximum atomic E-state index is 12.5. The molecule has 0 fully saturated rings. The van der Waals surface area contributed by atoms with Gasteiger partial charge < -0.3 is 15.4 Å². The molecule has 0 spiro atoms. The van der Waals surface area contributed by atoms with Crippen molar-refractivity contribution in [1.82, 2.24) is 20.4 Å². The van der Waals surface area contributed by atoms with Crippen LogP contribution in [0, 0.1) is 25.2 Å². The van der Waals surface area contributed by atoms with Crippen LogP contribution in [0.2, 0.25) is 0 Å². The molecule has 2 amide bonds. The number of ether oxygens (including phenoxy) is 1. The normalized spacial score (nSPS) is 16.6. The van der Waals surface area contributed by atoms with E-state index in [9.17, 15) is 19.6 Å². The molecule has 0 bridgehead atoms. The summed E-state index contributed by atoms with van der Waals surface area (Å²) >= 11 is 0. The number of aromatic nitrogens is 2. The molecule has 0 saturated carbocycles. The zero-order valence-corrected chi connectivity index (χ0v) is 15.2. The molecule has 138 valence electrons. The number of rotatable bonds is 5. The van der Waals surface area contributed by atoms with E-state index in [2.05, 4.69) is 15.7 Å². The van der Waals surface area contributed by atoms with E-state index >= 15 is 0 Å². The predicted molar refractivity (Wildman–Crippen MR) is 92.1 cm³/mol. The summed E-state index contributed by atoms with van der Waals surface area (Å²) in [5.41, 5.74) is 0.927. The van der Waals surface area contributed by atoms with E-state index in [1.807, 2.05) is 13.0 Å². The Morgan fingerprint density at radius 1 is 1.35 bits per heavy atom. The van der Waals surface area contributed by atoms with Gasteiger partial charge in [-0.05, 0) is 32.8 Å². The molecule has 1 aliphatic rings. The minimum absolute atomic E-state index is 0.0110. The quantitative estimate of drug-likeness (QED) is 0.743. The molecule has 0 aromatic carbocycles. The molecular weight excluding hydrogens is 338 g/mol. The number of amides is 2. The van der Waals surface area contributed by atoms with Gasteiger partial charge in [-0.2, -0.15) is 10.4 Å². The third-order valence-corrected chi connectivity index (χ3v) is 4.20. The topological polar surface area (TPSA) is 126 Å². The van der Waals surface area contributed by atoms with Gasteiger partial charge in [0.15, 0.2) is 0 Å². The van der Waals surface area contributed by atoms with Gasteiger partial charge in [-0.15, -0.1) is 0 Å². The number of hydrogen-bond donors (Lipinski definition) is 2. The monoisotopic (exact) mass is 359 g/mol.